The van der Waals surface area contributed by atoms with E-state index in [2.05, 4.69) is 4.42 Å². The molecule has 0 radical (unpaired) electrons. The molecule has 1 aromatic heterocycles. The molecule has 1 aromatic rings. The van der Waals surface area contributed by atoms with Gasteiger partial charge in [0.1, 0.15) is 0 Å². The smallest absolute Gasteiger partial charge is 0.742 e. The van der Waals surface area contributed by atoms with Gasteiger partial charge in [0.25, 0.3) is 0 Å². The van der Waals surface area contributed by atoms with Crippen molar-refractivity contribution in [3.63, 3.8) is 0 Å². The fourth-order valence-electron chi connectivity index (χ4n) is 0.813. The van der Waals surface area contributed by atoms with Crippen LogP contribution < -0.4 is 29.6 Å². The SMILES string of the molecule is CC(C)/[N+]([O-])=C/c1ccc(S(=O)(=O)[O-])o1.[Na+]. The van der Waals surface area contributed by atoms with Crippen molar-refractivity contribution in [2.45, 2.75) is 25.0 Å². The molecule has 16 heavy (non-hydrogen) atoms. The molecule has 0 aromatic carbocycles. The van der Waals surface area contributed by atoms with Crippen LogP contribution in [0.4, 0.5) is 0 Å². The third-order valence-corrected chi connectivity index (χ3v) is 2.32. The monoisotopic (exact) mass is 255 g/mol. The summed E-state index contributed by atoms with van der Waals surface area (Å²) in [6.07, 6.45) is 1.08. The van der Waals surface area contributed by atoms with Crippen molar-refractivity contribution in [2.75, 3.05) is 0 Å². The predicted octanol–water partition coefficient (Wildman–Crippen LogP) is -2.47. The summed E-state index contributed by atoms with van der Waals surface area (Å²) in [5.41, 5.74) is 0. The molecule has 0 N–H and O–H groups in total. The van der Waals surface area contributed by atoms with E-state index in [1.165, 1.54) is 6.07 Å². The molecule has 1 rings (SSSR count). The van der Waals surface area contributed by atoms with Crippen LogP contribution in [0.15, 0.2) is 21.6 Å². The van der Waals surface area contributed by atoms with Crippen molar-refractivity contribution in [1.82, 2.24) is 0 Å². The van der Waals surface area contributed by atoms with Gasteiger partial charge in [0.2, 0.25) is 11.3 Å². The van der Waals surface area contributed by atoms with Crippen LogP contribution in [0, 0.1) is 5.21 Å². The summed E-state index contributed by atoms with van der Waals surface area (Å²) in [5.74, 6) is 0.0353. The number of nitrogens with zero attached hydrogens (tertiary/aromatic N) is 1. The molecule has 1 heterocycles. The Balaban J connectivity index is 0.00000225. The van der Waals surface area contributed by atoms with Crippen LogP contribution in [0.5, 0.6) is 0 Å². The minimum Gasteiger partial charge on any atom is -0.742 e. The Labute approximate surface area is 116 Å². The molecule has 0 aliphatic rings. The molecule has 6 nitrogen and oxygen atoms in total. The van der Waals surface area contributed by atoms with Gasteiger partial charge in [-0.2, -0.15) is 0 Å². The second-order valence-electron chi connectivity index (χ2n) is 3.19. The Hall–Kier alpha value is -0.340. The summed E-state index contributed by atoms with van der Waals surface area (Å²) < 4.78 is 36.8. The van der Waals surface area contributed by atoms with Crippen molar-refractivity contribution in [3.05, 3.63) is 23.1 Å². The van der Waals surface area contributed by atoms with Gasteiger partial charge in [-0.05, 0) is 26.0 Å². The molecule has 0 aliphatic carbocycles. The predicted molar refractivity (Wildman–Crippen MR) is 50.6 cm³/mol. The summed E-state index contributed by atoms with van der Waals surface area (Å²) >= 11 is 0. The zero-order chi connectivity index (χ0) is 11.6. The van der Waals surface area contributed by atoms with E-state index >= 15 is 0 Å². The third kappa shape index (κ3) is 4.26. The van der Waals surface area contributed by atoms with E-state index in [-0.39, 0.29) is 41.4 Å². The molecular formula is C8H10NNaO5S. The van der Waals surface area contributed by atoms with E-state index in [0.29, 0.717) is 4.74 Å². The summed E-state index contributed by atoms with van der Waals surface area (Å²) in [4.78, 5) is 0. The van der Waals surface area contributed by atoms with E-state index in [1.807, 2.05) is 0 Å². The van der Waals surface area contributed by atoms with Crippen LogP contribution in [-0.2, 0) is 10.1 Å². The minimum absolute atomic E-state index is 0. The number of hydrogen-bond acceptors (Lipinski definition) is 5. The van der Waals surface area contributed by atoms with Gasteiger partial charge in [-0.25, -0.2) is 13.2 Å². The van der Waals surface area contributed by atoms with Crippen LogP contribution >= 0.6 is 0 Å². The first-order valence-electron chi connectivity index (χ1n) is 4.17. The number of rotatable bonds is 3. The molecule has 0 saturated carbocycles. The van der Waals surface area contributed by atoms with Crippen molar-refractivity contribution >= 4 is 16.3 Å². The molecule has 0 amide bonds. The fraction of sp³-hybridized carbons (Fsp3) is 0.375. The Bertz CT molecular complexity index is 476. The first kappa shape index (κ1) is 15.7. The van der Waals surface area contributed by atoms with Crippen LogP contribution in [0.25, 0.3) is 0 Å². The third-order valence-electron chi connectivity index (χ3n) is 1.61. The zero-order valence-electron chi connectivity index (χ0n) is 9.21. The van der Waals surface area contributed by atoms with Gasteiger partial charge >= 0.3 is 29.6 Å². The molecule has 0 bridgehead atoms. The largest absolute Gasteiger partial charge is 1.00 e. The molecule has 84 valence electrons. The van der Waals surface area contributed by atoms with Gasteiger partial charge in [0, 0.05) is 0 Å². The molecule has 0 fully saturated rings. The van der Waals surface area contributed by atoms with Gasteiger partial charge in [-0.1, -0.05) is 0 Å². The first-order chi connectivity index (χ1) is 6.80. The van der Waals surface area contributed by atoms with E-state index in [1.54, 1.807) is 13.8 Å². The Morgan fingerprint density at radius 2 is 2.00 bits per heavy atom. The molecule has 0 atom stereocenters. The maximum Gasteiger partial charge on any atom is 1.00 e. The number of hydroxylamine groups is 1. The van der Waals surface area contributed by atoms with E-state index < -0.39 is 15.2 Å². The Morgan fingerprint density at radius 1 is 1.44 bits per heavy atom. The fourth-order valence-corrected chi connectivity index (χ4v) is 1.25. The van der Waals surface area contributed by atoms with Crippen LogP contribution in [0.2, 0.25) is 0 Å². The van der Waals surface area contributed by atoms with Gasteiger partial charge in [0.05, 0.1) is 0 Å². The summed E-state index contributed by atoms with van der Waals surface area (Å²) in [6, 6.07) is 1.97. The topological polar surface area (TPSA) is 96.4 Å². The van der Waals surface area contributed by atoms with Crippen molar-refractivity contribution in [1.29, 1.82) is 0 Å². The van der Waals surface area contributed by atoms with Gasteiger partial charge < -0.3 is 14.2 Å². The molecule has 0 saturated heterocycles. The Kier molecular flexibility index (Phi) is 5.71. The van der Waals surface area contributed by atoms with Gasteiger partial charge in [-0.3, -0.25) is 0 Å². The minimum atomic E-state index is -4.60. The van der Waals surface area contributed by atoms with Crippen LogP contribution in [0.1, 0.15) is 19.6 Å². The first-order valence-corrected chi connectivity index (χ1v) is 5.57. The molecule has 8 heteroatoms. The quantitative estimate of drug-likeness (QED) is 0.149. The van der Waals surface area contributed by atoms with Crippen molar-refractivity contribution in [2.24, 2.45) is 0 Å². The number of hydrogen-bond donors (Lipinski definition) is 0. The van der Waals surface area contributed by atoms with Crippen LogP contribution in [0.3, 0.4) is 0 Å². The molecule has 0 spiro atoms. The molecule has 0 unspecified atom stereocenters. The standard InChI is InChI=1S/C8H11NO5S.Na/c1-6(2)9(10)5-7-3-4-8(14-7)15(11,12)13;/h3-6H,1-2H3,(H,11,12,13);/q;+1/p-1/b9-5-;. The Morgan fingerprint density at radius 3 is 2.38 bits per heavy atom. The van der Waals surface area contributed by atoms with Gasteiger partial charge in [0.15, 0.2) is 21.9 Å². The van der Waals surface area contributed by atoms with E-state index in [0.717, 1.165) is 12.3 Å². The average molecular weight is 255 g/mol. The summed E-state index contributed by atoms with van der Waals surface area (Å²) in [6.45, 7) is 3.33. The average Bonchev–Trinajstić information content (AvgIpc) is 2.51. The maximum atomic E-state index is 11.1. The molecular weight excluding hydrogens is 245 g/mol. The summed E-state index contributed by atoms with van der Waals surface area (Å²) in [7, 11) is -4.60. The zero-order valence-corrected chi connectivity index (χ0v) is 12.0. The van der Waals surface area contributed by atoms with Crippen LogP contribution in [-0.4, -0.2) is 30.0 Å². The second kappa shape index (κ2) is 5.83. The van der Waals surface area contributed by atoms with Crippen molar-refractivity contribution < 1.29 is 51.7 Å². The number of furan rings is 1. The summed E-state index contributed by atoms with van der Waals surface area (Å²) in [5, 5.41) is 10.5. The van der Waals surface area contributed by atoms with Gasteiger partial charge in [-0.15, -0.1) is 0 Å². The maximum absolute atomic E-state index is 11.1. The normalized spacial score (nSPS) is 12.6. The van der Waals surface area contributed by atoms with Crippen molar-refractivity contribution in [3.8, 4) is 0 Å². The van der Waals surface area contributed by atoms with E-state index in [4.69, 9.17) is 0 Å². The second-order valence-corrected chi connectivity index (χ2v) is 4.50. The molecule has 0 aliphatic heterocycles. The van der Waals surface area contributed by atoms with E-state index in [9.17, 15) is 18.2 Å².